The van der Waals surface area contributed by atoms with Crippen molar-refractivity contribution in [1.82, 2.24) is 5.43 Å². The van der Waals surface area contributed by atoms with Gasteiger partial charge in [-0.2, -0.15) is 5.10 Å². The van der Waals surface area contributed by atoms with E-state index in [1.807, 2.05) is 39.0 Å². The van der Waals surface area contributed by atoms with Crippen molar-refractivity contribution >= 4 is 62.8 Å². The Labute approximate surface area is 233 Å². The number of halogens is 2. The van der Waals surface area contributed by atoms with Gasteiger partial charge in [0, 0.05) is 5.69 Å². The van der Waals surface area contributed by atoms with Crippen molar-refractivity contribution in [3.05, 3.63) is 80.8 Å². The zero-order valence-electron chi connectivity index (χ0n) is 20.9. The lowest BCUT2D eigenvalue weighted by Gasteiger charge is -2.15. The standard InChI is InChI=1S/C27H26BrClN4O5/c1-4-37-23-13-18(14-30-33-27(36)26(35)32-22-8-6-5-7-21(22)29)12-20(28)25(23)38-15-24(34)31-19-10-16(2)9-17(3)11-19/h5-14H,4,15H2,1-3H3,(H,31,34)(H,32,35)(H,33,36)/b30-14-. The third-order valence-electron chi connectivity index (χ3n) is 4.89. The van der Waals surface area contributed by atoms with Crippen LogP contribution in [0.25, 0.3) is 0 Å². The van der Waals surface area contributed by atoms with E-state index in [0.717, 1.165) is 11.1 Å². The molecule has 0 aliphatic rings. The van der Waals surface area contributed by atoms with Crippen LogP contribution in [0.15, 0.2) is 64.2 Å². The van der Waals surface area contributed by atoms with Crippen LogP contribution >= 0.6 is 27.5 Å². The lowest BCUT2D eigenvalue weighted by atomic mass is 10.1. The first-order valence-corrected chi connectivity index (χ1v) is 12.7. The molecule has 0 bridgehead atoms. The van der Waals surface area contributed by atoms with Crippen LogP contribution in [-0.2, 0) is 14.4 Å². The minimum Gasteiger partial charge on any atom is -0.490 e. The number of amides is 3. The van der Waals surface area contributed by atoms with Gasteiger partial charge in [0.2, 0.25) is 0 Å². The molecule has 198 valence electrons. The van der Waals surface area contributed by atoms with Crippen molar-refractivity contribution < 1.29 is 23.9 Å². The van der Waals surface area contributed by atoms with Crippen molar-refractivity contribution in [1.29, 1.82) is 0 Å². The summed E-state index contributed by atoms with van der Waals surface area (Å²) in [4.78, 5) is 36.6. The first-order valence-electron chi connectivity index (χ1n) is 11.5. The van der Waals surface area contributed by atoms with E-state index in [0.29, 0.717) is 44.5 Å². The molecule has 0 saturated carbocycles. The molecule has 11 heteroatoms. The van der Waals surface area contributed by atoms with Gasteiger partial charge in [0.1, 0.15) is 0 Å². The fourth-order valence-electron chi connectivity index (χ4n) is 3.40. The predicted octanol–water partition coefficient (Wildman–Crippen LogP) is 5.22. The molecular weight excluding hydrogens is 576 g/mol. The van der Waals surface area contributed by atoms with Gasteiger partial charge in [-0.3, -0.25) is 14.4 Å². The molecule has 0 fully saturated rings. The molecule has 0 radical (unpaired) electrons. The molecule has 0 unspecified atom stereocenters. The quantitative estimate of drug-likeness (QED) is 0.177. The maximum atomic E-state index is 12.5. The second kappa shape index (κ2) is 13.6. The molecule has 38 heavy (non-hydrogen) atoms. The van der Waals surface area contributed by atoms with Gasteiger partial charge >= 0.3 is 11.8 Å². The highest BCUT2D eigenvalue weighted by molar-refractivity contribution is 9.10. The van der Waals surface area contributed by atoms with Crippen LogP contribution in [0, 0.1) is 13.8 Å². The number of carbonyl (C=O) groups is 3. The molecular formula is C27H26BrClN4O5. The first kappa shape index (κ1) is 28.7. The Morgan fingerprint density at radius 2 is 1.68 bits per heavy atom. The number of carbonyl (C=O) groups excluding carboxylic acids is 3. The van der Waals surface area contributed by atoms with Crippen molar-refractivity contribution in [3.63, 3.8) is 0 Å². The average Bonchev–Trinajstić information content (AvgIpc) is 2.84. The molecule has 0 spiro atoms. The van der Waals surface area contributed by atoms with Crippen LogP contribution in [0.2, 0.25) is 5.02 Å². The third kappa shape index (κ3) is 8.32. The van der Waals surface area contributed by atoms with Gasteiger partial charge in [-0.25, -0.2) is 5.43 Å². The summed E-state index contributed by atoms with van der Waals surface area (Å²) in [6.07, 6.45) is 1.34. The van der Waals surface area contributed by atoms with E-state index >= 15 is 0 Å². The van der Waals surface area contributed by atoms with Crippen LogP contribution in [0.3, 0.4) is 0 Å². The summed E-state index contributed by atoms with van der Waals surface area (Å²) in [6.45, 7) is 5.82. The number of aryl methyl sites for hydroxylation is 2. The van der Waals surface area contributed by atoms with E-state index < -0.39 is 11.8 Å². The van der Waals surface area contributed by atoms with Crippen LogP contribution in [0.4, 0.5) is 11.4 Å². The Morgan fingerprint density at radius 3 is 2.37 bits per heavy atom. The zero-order chi connectivity index (χ0) is 27.7. The van der Waals surface area contributed by atoms with Crippen molar-refractivity contribution in [2.45, 2.75) is 20.8 Å². The first-order chi connectivity index (χ1) is 18.2. The fourth-order valence-corrected chi connectivity index (χ4v) is 4.16. The molecule has 0 aliphatic heterocycles. The minimum absolute atomic E-state index is 0.240. The monoisotopic (exact) mass is 600 g/mol. The molecule has 3 aromatic carbocycles. The van der Waals surface area contributed by atoms with E-state index in [1.54, 1.807) is 36.4 Å². The number of rotatable bonds is 9. The Balaban J connectivity index is 1.63. The number of ether oxygens (including phenoxy) is 2. The summed E-state index contributed by atoms with van der Waals surface area (Å²) in [6, 6.07) is 15.6. The SMILES string of the molecule is CCOc1cc(/C=N\NC(=O)C(=O)Nc2ccccc2Cl)cc(Br)c1OCC(=O)Nc1cc(C)cc(C)c1. The summed E-state index contributed by atoms with van der Waals surface area (Å²) in [5.41, 5.74) is 5.78. The molecule has 9 nitrogen and oxygen atoms in total. The van der Waals surface area contributed by atoms with Crippen LogP contribution < -0.4 is 25.5 Å². The molecule has 3 amide bonds. The van der Waals surface area contributed by atoms with Gasteiger partial charge in [0.15, 0.2) is 18.1 Å². The zero-order valence-corrected chi connectivity index (χ0v) is 23.3. The van der Waals surface area contributed by atoms with Gasteiger partial charge in [0.05, 0.1) is 28.0 Å². The van der Waals surface area contributed by atoms with Crippen molar-refractivity contribution in [2.24, 2.45) is 5.10 Å². The second-order valence-corrected chi connectivity index (χ2v) is 9.37. The van der Waals surface area contributed by atoms with Gasteiger partial charge in [-0.05, 0) is 89.8 Å². The lowest BCUT2D eigenvalue weighted by Crippen LogP contribution is -2.32. The van der Waals surface area contributed by atoms with Gasteiger partial charge in [-0.15, -0.1) is 0 Å². The predicted molar refractivity (Wildman–Crippen MR) is 151 cm³/mol. The van der Waals surface area contributed by atoms with Gasteiger partial charge < -0.3 is 20.1 Å². The van der Waals surface area contributed by atoms with Crippen molar-refractivity contribution in [3.8, 4) is 11.5 Å². The summed E-state index contributed by atoms with van der Waals surface area (Å²) in [7, 11) is 0. The molecule has 0 atom stereocenters. The molecule has 3 rings (SSSR count). The van der Waals surface area contributed by atoms with Crippen molar-refractivity contribution in [2.75, 3.05) is 23.8 Å². The maximum absolute atomic E-state index is 12.5. The summed E-state index contributed by atoms with van der Waals surface area (Å²) < 4.78 is 11.9. The number of hydrazone groups is 1. The lowest BCUT2D eigenvalue weighted by molar-refractivity contribution is -0.136. The molecule has 0 saturated heterocycles. The summed E-state index contributed by atoms with van der Waals surface area (Å²) in [5, 5.41) is 9.37. The van der Waals surface area contributed by atoms with Crippen LogP contribution in [0.1, 0.15) is 23.6 Å². The number of nitrogens with zero attached hydrogens (tertiary/aromatic N) is 1. The Kier molecular flexibility index (Phi) is 10.3. The average molecular weight is 602 g/mol. The number of benzene rings is 3. The highest BCUT2D eigenvalue weighted by atomic mass is 79.9. The Morgan fingerprint density at radius 1 is 0.974 bits per heavy atom. The van der Waals surface area contributed by atoms with Crippen LogP contribution in [-0.4, -0.2) is 37.1 Å². The Bertz CT molecular complexity index is 1360. The number of hydrogen-bond acceptors (Lipinski definition) is 6. The number of hydrogen-bond donors (Lipinski definition) is 3. The normalized spacial score (nSPS) is 10.7. The highest BCUT2D eigenvalue weighted by Crippen LogP contribution is 2.36. The molecule has 0 aliphatic carbocycles. The number of anilines is 2. The van der Waals surface area contributed by atoms with E-state index in [-0.39, 0.29) is 12.5 Å². The minimum atomic E-state index is -0.972. The smallest absolute Gasteiger partial charge is 0.329 e. The molecule has 0 heterocycles. The van der Waals surface area contributed by atoms with E-state index in [9.17, 15) is 14.4 Å². The van der Waals surface area contributed by atoms with Gasteiger partial charge in [-0.1, -0.05) is 29.8 Å². The fraction of sp³-hybridized carbons (Fsp3) is 0.185. The topological polar surface area (TPSA) is 118 Å². The molecule has 3 aromatic rings. The summed E-state index contributed by atoms with van der Waals surface area (Å²) in [5.74, 6) is -1.52. The summed E-state index contributed by atoms with van der Waals surface area (Å²) >= 11 is 9.42. The number of para-hydroxylation sites is 1. The van der Waals surface area contributed by atoms with E-state index in [1.165, 1.54) is 6.21 Å². The third-order valence-corrected chi connectivity index (χ3v) is 5.81. The van der Waals surface area contributed by atoms with E-state index in [4.69, 9.17) is 21.1 Å². The number of nitrogens with one attached hydrogen (secondary N) is 3. The Hall–Kier alpha value is -3.89. The van der Waals surface area contributed by atoms with Gasteiger partial charge in [0.25, 0.3) is 5.91 Å². The van der Waals surface area contributed by atoms with E-state index in [2.05, 4.69) is 37.1 Å². The van der Waals surface area contributed by atoms with Crippen LogP contribution in [0.5, 0.6) is 11.5 Å². The molecule has 3 N–H and O–H groups in total. The highest BCUT2D eigenvalue weighted by Gasteiger charge is 2.16. The largest absolute Gasteiger partial charge is 0.490 e. The molecule has 0 aromatic heterocycles. The second-order valence-electron chi connectivity index (χ2n) is 8.11. The maximum Gasteiger partial charge on any atom is 0.329 e.